The zero-order valence-corrected chi connectivity index (χ0v) is 11.1. The van der Waals surface area contributed by atoms with Gasteiger partial charge in [-0.2, -0.15) is 0 Å². The van der Waals surface area contributed by atoms with E-state index in [-0.39, 0.29) is 0 Å². The van der Waals surface area contributed by atoms with Crippen molar-refractivity contribution in [2.24, 2.45) is 0 Å². The molecule has 0 aromatic carbocycles. The van der Waals surface area contributed by atoms with Gasteiger partial charge in [0.1, 0.15) is 11.5 Å². The third-order valence-corrected chi connectivity index (χ3v) is 5.34. The van der Waals surface area contributed by atoms with Gasteiger partial charge in [0.2, 0.25) is 0 Å². The minimum atomic E-state index is 0.684. The molecule has 15 heavy (non-hydrogen) atoms. The molecule has 0 atom stereocenters. The van der Waals surface area contributed by atoms with E-state index in [9.17, 15) is 0 Å². The third kappa shape index (κ3) is 1.78. The predicted molar refractivity (Wildman–Crippen MR) is 67.2 cm³/mol. The Labute approximate surface area is 103 Å². The van der Waals surface area contributed by atoms with E-state index in [4.69, 9.17) is 4.42 Å². The molecule has 82 valence electrons. The van der Waals surface area contributed by atoms with E-state index in [1.165, 1.54) is 53.7 Å². The second kappa shape index (κ2) is 4.17. The smallest absolute Gasteiger partial charge is 0.121 e. The molecule has 1 nitrogen and oxygen atoms in total. The maximum atomic E-state index is 6.03. The van der Waals surface area contributed by atoms with Crippen molar-refractivity contribution in [3.05, 3.63) is 21.6 Å². The van der Waals surface area contributed by atoms with Crippen molar-refractivity contribution in [3.8, 4) is 0 Å². The molecule has 1 aromatic rings. The van der Waals surface area contributed by atoms with Crippen LogP contribution in [0.5, 0.6) is 0 Å². The average molecular weight is 287 g/mol. The molecule has 1 fully saturated rings. The summed E-state index contributed by atoms with van der Waals surface area (Å²) in [7, 11) is 0. The Hall–Kier alpha value is 0.110. The molecule has 1 aromatic heterocycles. The van der Waals surface area contributed by atoms with Crippen LogP contribution in [0.25, 0.3) is 0 Å². The quantitative estimate of drug-likeness (QED) is 0.733. The molecule has 3 rings (SSSR count). The van der Waals surface area contributed by atoms with Crippen molar-refractivity contribution < 1.29 is 4.42 Å². The molecule has 0 spiro atoms. The predicted octanol–water partition coefficient (Wildman–Crippen LogP) is 4.84. The summed E-state index contributed by atoms with van der Waals surface area (Å²) in [5, 5.41) is 0. The van der Waals surface area contributed by atoms with Crippen LogP contribution in [-0.2, 0) is 11.5 Å². The fraction of sp³-hybridized carbons (Fsp3) is 0.667. The third-order valence-electron chi connectivity index (χ3n) is 3.51. The Morgan fingerprint density at radius 2 is 1.93 bits per heavy atom. The zero-order chi connectivity index (χ0) is 10.3. The standard InChI is InChI=1S/C12H15BrOS/c13-11-9-6-15-7-10(9)14-12(11)8-4-2-1-3-5-8/h8H,1-7H2. The Bertz CT molecular complexity index is 366. The first-order chi connectivity index (χ1) is 7.36. The van der Waals surface area contributed by atoms with Gasteiger partial charge >= 0.3 is 0 Å². The Morgan fingerprint density at radius 3 is 2.67 bits per heavy atom. The summed E-state index contributed by atoms with van der Waals surface area (Å²) in [6, 6.07) is 0. The largest absolute Gasteiger partial charge is 0.463 e. The van der Waals surface area contributed by atoms with E-state index >= 15 is 0 Å². The van der Waals surface area contributed by atoms with E-state index < -0.39 is 0 Å². The number of rotatable bonds is 1. The normalized spacial score (nSPS) is 21.9. The number of thioether (sulfide) groups is 1. The van der Waals surface area contributed by atoms with Gasteiger partial charge in [0.05, 0.1) is 10.2 Å². The van der Waals surface area contributed by atoms with Crippen LogP contribution in [0, 0.1) is 0 Å². The lowest BCUT2D eigenvalue weighted by Gasteiger charge is -2.20. The van der Waals surface area contributed by atoms with Crippen LogP contribution < -0.4 is 0 Å². The Morgan fingerprint density at radius 1 is 1.13 bits per heavy atom. The molecular formula is C12H15BrOS. The van der Waals surface area contributed by atoms with E-state index in [2.05, 4.69) is 15.9 Å². The summed E-state index contributed by atoms with van der Waals surface area (Å²) >= 11 is 5.69. The van der Waals surface area contributed by atoms with Crippen LogP contribution >= 0.6 is 27.7 Å². The molecule has 2 heterocycles. The maximum absolute atomic E-state index is 6.03. The van der Waals surface area contributed by atoms with Crippen LogP contribution in [0.3, 0.4) is 0 Å². The molecule has 0 unspecified atom stereocenters. The van der Waals surface area contributed by atoms with Crippen molar-refractivity contribution in [2.75, 3.05) is 0 Å². The highest BCUT2D eigenvalue weighted by molar-refractivity contribution is 9.10. The zero-order valence-electron chi connectivity index (χ0n) is 8.72. The first-order valence-electron chi connectivity index (χ1n) is 5.74. The van der Waals surface area contributed by atoms with Crippen molar-refractivity contribution in [3.63, 3.8) is 0 Å². The summed E-state index contributed by atoms with van der Waals surface area (Å²) < 4.78 is 7.32. The first-order valence-corrected chi connectivity index (χ1v) is 7.68. The Balaban J connectivity index is 1.91. The van der Waals surface area contributed by atoms with Gasteiger partial charge in [-0.1, -0.05) is 19.3 Å². The lowest BCUT2D eigenvalue weighted by Crippen LogP contribution is -2.04. The van der Waals surface area contributed by atoms with Crippen molar-refractivity contribution >= 4 is 27.7 Å². The van der Waals surface area contributed by atoms with Gasteiger partial charge in [0, 0.05) is 17.2 Å². The highest BCUT2D eigenvalue weighted by atomic mass is 79.9. The van der Waals surface area contributed by atoms with E-state index in [1.54, 1.807) is 0 Å². The summed E-state index contributed by atoms with van der Waals surface area (Å²) in [6.07, 6.45) is 6.79. The lowest BCUT2D eigenvalue weighted by atomic mass is 9.87. The molecule has 1 aliphatic heterocycles. The number of hydrogen-bond acceptors (Lipinski definition) is 2. The van der Waals surface area contributed by atoms with Gasteiger partial charge in [-0.05, 0) is 28.8 Å². The Kier molecular flexibility index (Phi) is 2.86. The summed E-state index contributed by atoms with van der Waals surface area (Å²) in [4.78, 5) is 0. The lowest BCUT2D eigenvalue weighted by molar-refractivity contribution is 0.364. The minimum Gasteiger partial charge on any atom is -0.463 e. The molecule has 2 aliphatic rings. The number of furan rings is 1. The molecule has 0 bridgehead atoms. The highest BCUT2D eigenvalue weighted by Gasteiger charge is 2.28. The molecule has 0 radical (unpaired) electrons. The van der Waals surface area contributed by atoms with Gasteiger partial charge in [-0.15, -0.1) is 11.8 Å². The summed E-state index contributed by atoms with van der Waals surface area (Å²) in [6.45, 7) is 0. The molecule has 0 amide bonds. The molecular weight excluding hydrogens is 272 g/mol. The van der Waals surface area contributed by atoms with Crippen LogP contribution in [-0.4, -0.2) is 0 Å². The van der Waals surface area contributed by atoms with E-state index in [0.29, 0.717) is 5.92 Å². The highest BCUT2D eigenvalue weighted by Crippen LogP contribution is 2.45. The van der Waals surface area contributed by atoms with Gasteiger partial charge in [0.15, 0.2) is 0 Å². The molecule has 0 saturated heterocycles. The fourth-order valence-electron chi connectivity index (χ4n) is 2.64. The van der Waals surface area contributed by atoms with Crippen LogP contribution in [0.2, 0.25) is 0 Å². The molecule has 3 heteroatoms. The van der Waals surface area contributed by atoms with Crippen LogP contribution in [0.4, 0.5) is 0 Å². The summed E-state index contributed by atoms with van der Waals surface area (Å²) in [5.41, 5.74) is 1.43. The second-order valence-electron chi connectivity index (χ2n) is 4.51. The molecule has 1 saturated carbocycles. The fourth-order valence-corrected chi connectivity index (χ4v) is 4.63. The van der Waals surface area contributed by atoms with E-state index in [0.717, 1.165) is 11.5 Å². The van der Waals surface area contributed by atoms with Crippen molar-refractivity contribution in [1.82, 2.24) is 0 Å². The first kappa shape index (κ1) is 10.3. The van der Waals surface area contributed by atoms with Crippen LogP contribution in [0.1, 0.15) is 55.1 Å². The van der Waals surface area contributed by atoms with Gasteiger partial charge in [-0.3, -0.25) is 0 Å². The van der Waals surface area contributed by atoms with Gasteiger partial charge < -0.3 is 4.42 Å². The van der Waals surface area contributed by atoms with Gasteiger partial charge in [0.25, 0.3) is 0 Å². The maximum Gasteiger partial charge on any atom is 0.121 e. The van der Waals surface area contributed by atoms with Gasteiger partial charge in [-0.25, -0.2) is 0 Å². The minimum absolute atomic E-state index is 0.684. The SMILES string of the molecule is Brc1c(C2CCCCC2)oc2c1CSC2. The number of hydrogen-bond donors (Lipinski definition) is 0. The summed E-state index contributed by atoms with van der Waals surface area (Å²) in [5.74, 6) is 5.36. The van der Waals surface area contributed by atoms with Crippen molar-refractivity contribution in [2.45, 2.75) is 49.5 Å². The molecule has 1 aliphatic carbocycles. The molecule has 0 N–H and O–H groups in total. The monoisotopic (exact) mass is 286 g/mol. The van der Waals surface area contributed by atoms with E-state index in [1.807, 2.05) is 11.8 Å². The second-order valence-corrected chi connectivity index (χ2v) is 6.29. The average Bonchev–Trinajstić information content (AvgIpc) is 2.83. The van der Waals surface area contributed by atoms with Crippen molar-refractivity contribution in [1.29, 1.82) is 0 Å². The van der Waals surface area contributed by atoms with Crippen LogP contribution in [0.15, 0.2) is 8.89 Å². The topological polar surface area (TPSA) is 13.1 Å². The number of halogens is 1. The number of fused-ring (bicyclic) bond motifs is 1.